The number of hydrogen-bond donors (Lipinski definition) is 1. The number of amides is 1. The number of benzene rings is 2. The third kappa shape index (κ3) is 3.16. The Morgan fingerprint density at radius 1 is 1.05 bits per heavy atom. The van der Waals surface area contributed by atoms with Crippen molar-refractivity contribution in [2.24, 2.45) is 0 Å². The van der Waals surface area contributed by atoms with Gasteiger partial charge < -0.3 is 14.8 Å². The molecule has 0 aliphatic carbocycles. The summed E-state index contributed by atoms with van der Waals surface area (Å²) in [6, 6.07) is 5.97. The number of carbonyl (C=O) groups excluding carboxylic acids is 1. The first-order chi connectivity index (χ1) is 10.5. The van der Waals surface area contributed by atoms with Crippen LogP contribution in [0.25, 0.3) is 0 Å². The van der Waals surface area contributed by atoms with Crippen molar-refractivity contribution in [3.05, 3.63) is 53.1 Å². The van der Waals surface area contributed by atoms with Crippen molar-refractivity contribution in [2.45, 2.75) is 6.92 Å². The van der Waals surface area contributed by atoms with Gasteiger partial charge in [-0.15, -0.1) is 0 Å². The molecule has 22 heavy (non-hydrogen) atoms. The SMILES string of the molecule is COc1cc(C(=O)Nc2ccc(F)cc2F)cc(OC)c1C. The van der Waals surface area contributed by atoms with Gasteiger partial charge in [-0.2, -0.15) is 0 Å². The summed E-state index contributed by atoms with van der Waals surface area (Å²) >= 11 is 0. The Bertz CT molecular complexity index is 692. The molecule has 1 amide bonds. The summed E-state index contributed by atoms with van der Waals surface area (Å²) < 4.78 is 36.8. The number of rotatable bonds is 4. The summed E-state index contributed by atoms with van der Waals surface area (Å²) in [5.41, 5.74) is 0.877. The second-order valence-corrected chi connectivity index (χ2v) is 4.58. The fourth-order valence-corrected chi connectivity index (χ4v) is 2.00. The molecule has 0 aliphatic rings. The van der Waals surface area contributed by atoms with Crippen LogP contribution in [0, 0.1) is 18.6 Å². The van der Waals surface area contributed by atoms with E-state index in [2.05, 4.69) is 5.32 Å². The molecular formula is C16H15F2NO3. The van der Waals surface area contributed by atoms with Crippen molar-refractivity contribution in [2.75, 3.05) is 19.5 Å². The third-order valence-electron chi connectivity index (χ3n) is 3.19. The van der Waals surface area contributed by atoms with Gasteiger partial charge in [-0.25, -0.2) is 8.78 Å². The van der Waals surface area contributed by atoms with Gasteiger partial charge in [0, 0.05) is 17.2 Å². The molecule has 1 N–H and O–H groups in total. The highest BCUT2D eigenvalue weighted by atomic mass is 19.1. The van der Waals surface area contributed by atoms with Crippen LogP contribution in [-0.2, 0) is 0 Å². The summed E-state index contributed by atoms with van der Waals surface area (Å²) in [7, 11) is 2.95. The zero-order valence-corrected chi connectivity index (χ0v) is 12.4. The fourth-order valence-electron chi connectivity index (χ4n) is 2.00. The van der Waals surface area contributed by atoms with Gasteiger partial charge in [-0.05, 0) is 31.2 Å². The number of carbonyl (C=O) groups is 1. The van der Waals surface area contributed by atoms with Crippen LogP contribution < -0.4 is 14.8 Å². The van der Waals surface area contributed by atoms with Crippen LogP contribution in [0.3, 0.4) is 0 Å². The highest BCUT2D eigenvalue weighted by Gasteiger charge is 2.15. The maximum Gasteiger partial charge on any atom is 0.256 e. The van der Waals surface area contributed by atoms with Crippen LogP contribution in [0.5, 0.6) is 11.5 Å². The van der Waals surface area contributed by atoms with Crippen molar-refractivity contribution in [1.29, 1.82) is 0 Å². The van der Waals surface area contributed by atoms with E-state index in [1.54, 1.807) is 6.92 Å². The minimum absolute atomic E-state index is 0.107. The highest BCUT2D eigenvalue weighted by Crippen LogP contribution is 2.30. The van der Waals surface area contributed by atoms with Crippen LogP contribution >= 0.6 is 0 Å². The minimum atomic E-state index is -0.848. The highest BCUT2D eigenvalue weighted by molar-refractivity contribution is 6.05. The Labute approximate surface area is 126 Å². The normalized spacial score (nSPS) is 10.2. The topological polar surface area (TPSA) is 47.6 Å². The fraction of sp³-hybridized carbons (Fsp3) is 0.188. The molecule has 2 aromatic rings. The van der Waals surface area contributed by atoms with Gasteiger partial charge in [-0.3, -0.25) is 4.79 Å². The van der Waals surface area contributed by atoms with E-state index in [0.29, 0.717) is 17.6 Å². The molecule has 6 heteroatoms. The van der Waals surface area contributed by atoms with Gasteiger partial charge in [0.25, 0.3) is 5.91 Å². The Hall–Kier alpha value is -2.63. The van der Waals surface area contributed by atoms with E-state index in [1.165, 1.54) is 26.4 Å². The molecule has 0 radical (unpaired) electrons. The average Bonchev–Trinajstić information content (AvgIpc) is 2.50. The molecule has 0 aliphatic heterocycles. The van der Waals surface area contributed by atoms with Crippen molar-refractivity contribution in [1.82, 2.24) is 0 Å². The van der Waals surface area contributed by atoms with E-state index in [0.717, 1.165) is 17.7 Å². The molecule has 0 spiro atoms. The van der Waals surface area contributed by atoms with Crippen molar-refractivity contribution >= 4 is 11.6 Å². The molecule has 2 aromatic carbocycles. The molecule has 0 saturated heterocycles. The molecule has 0 heterocycles. The predicted octanol–water partition coefficient (Wildman–Crippen LogP) is 3.54. The Balaban J connectivity index is 2.33. The lowest BCUT2D eigenvalue weighted by molar-refractivity contribution is 0.102. The van der Waals surface area contributed by atoms with Crippen molar-refractivity contribution in [3.63, 3.8) is 0 Å². The molecule has 0 fully saturated rings. The molecule has 4 nitrogen and oxygen atoms in total. The number of anilines is 1. The number of hydrogen-bond acceptors (Lipinski definition) is 3. The van der Waals surface area contributed by atoms with Gasteiger partial charge in [0.2, 0.25) is 0 Å². The third-order valence-corrected chi connectivity index (χ3v) is 3.19. The Morgan fingerprint density at radius 3 is 2.14 bits per heavy atom. The quantitative estimate of drug-likeness (QED) is 0.940. The minimum Gasteiger partial charge on any atom is -0.496 e. The standard InChI is InChI=1S/C16H15F2NO3/c1-9-14(21-2)6-10(7-15(9)22-3)16(20)19-13-5-4-11(17)8-12(13)18/h4-8H,1-3H3,(H,19,20). The van der Waals surface area contributed by atoms with E-state index in [9.17, 15) is 13.6 Å². The van der Waals surface area contributed by atoms with Crippen molar-refractivity contribution in [3.8, 4) is 11.5 Å². The lowest BCUT2D eigenvalue weighted by Crippen LogP contribution is -2.13. The lowest BCUT2D eigenvalue weighted by Gasteiger charge is -2.13. The second kappa shape index (κ2) is 6.43. The molecule has 116 valence electrons. The van der Waals surface area contributed by atoms with E-state index in [1.807, 2.05) is 0 Å². The van der Waals surface area contributed by atoms with Crippen LogP contribution in [0.15, 0.2) is 30.3 Å². The van der Waals surface area contributed by atoms with E-state index >= 15 is 0 Å². The summed E-state index contributed by atoms with van der Waals surface area (Å²) in [6.07, 6.45) is 0. The number of halogens is 2. The van der Waals surface area contributed by atoms with Gasteiger partial charge in [0.05, 0.1) is 19.9 Å². The summed E-state index contributed by atoms with van der Waals surface area (Å²) in [5, 5.41) is 2.38. The monoisotopic (exact) mass is 307 g/mol. The summed E-state index contributed by atoms with van der Waals surface area (Å²) in [6.45, 7) is 1.79. The van der Waals surface area contributed by atoms with E-state index in [4.69, 9.17) is 9.47 Å². The van der Waals surface area contributed by atoms with Crippen LogP contribution in [-0.4, -0.2) is 20.1 Å². The second-order valence-electron chi connectivity index (χ2n) is 4.58. The van der Waals surface area contributed by atoms with Crippen LogP contribution in [0.1, 0.15) is 15.9 Å². The molecule has 0 unspecified atom stereocenters. The van der Waals surface area contributed by atoms with Crippen LogP contribution in [0.2, 0.25) is 0 Å². The lowest BCUT2D eigenvalue weighted by atomic mass is 10.1. The van der Waals surface area contributed by atoms with E-state index < -0.39 is 17.5 Å². The number of methoxy groups -OCH3 is 2. The largest absolute Gasteiger partial charge is 0.496 e. The van der Waals surface area contributed by atoms with Crippen LogP contribution in [0.4, 0.5) is 14.5 Å². The van der Waals surface area contributed by atoms with Gasteiger partial charge in [0.1, 0.15) is 23.1 Å². The molecule has 0 saturated carbocycles. The molecule has 0 aromatic heterocycles. The number of ether oxygens (including phenoxy) is 2. The summed E-state index contributed by atoms with van der Waals surface area (Å²) in [5.74, 6) is -1.16. The Morgan fingerprint density at radius 2 is 1.64 bits per heavy atom. The molecule has 0 atom stereocenters. The zero-order valence-electron chi connectivity index (χ0n) is 12.4. The average molecular weight is 307 g/mol. The van der Waals surface area contributed by atoms with Gasteiger partial charge >= 0.3 is 0 Å². The summed E-state index contributed by atoms with van der Waals surface area (Å²) in [4.78, 5) is 12.2. The molecule has 2 rings (SSSR count). The molecule has 0 bridgehead atoms. The number of nitrogens with one attached hydrogen (secondary N) is 1. The van der Waals surface area contributed by atoms with Gasteiger partial charge in [0.15, 0.2) is 0 Å². The smallest absolute Gasteiger partial charge is 0.256 e. The van der Waals surface area contributed by atoms with Crippen molar-refractivity contribution < 1.29 is 23.0 Å². The first kappa shape index (κ1) is 15.8. The maximum atomic E-state index is 13.6. The first-order valence-corrected chi connectivity index (χ1v) is 6.45. The maximum absolute atomic E-state index is 13.6. The molecular weight excluding hydrogens is 292 g/mol. The first-order valence-electron chi connectivity index (χ1n) is 6.45. The Kier molecular flexibility index (Phi) is 4.60. The van der Waals surface area contributed by atoms with Gasteiger partial charge in [-0.1, -0.05) is 0 Å². The van der Waals surface area contributed by atoms with E-state index in [-0.39, 0.29) is 11.3 Å². The zero-order chi connectivity index (χ0) is 16.3. The predicted molar refractivity (Wildman–Crippen MR) is 78.6 cm³/mol.